The van der Waals surface area contributed by atoms with Crippen LogP contribution in [0.15, 0.2) is 18.6 Å². The van der Waals surface area contributed by atoms with E-state index in [4.69, 9.17) is 0 Å². The summed E-state index contributed by atoms with van der Waals surface area (Å²) in [6.45, 7) is 3.82. The lowest BCUT2D eigenvalue weighted by Gasteiger charge is -2.38. The molecule has 0 bridgehead atoms. The number of likely N-dealkylation sites (tertiary alicyclic amines) is 2. The fourth-order valence-corrected chi connectivity index (χ4v) is 3.54. The Morgan fingerprint density at radius 1 is 1.29 bits per heavy atom. The van der Waals surface area contributed by atoms with Gasteiger partial charge in [0.2, 0.25) is 0 Å². The summed E-state index contributed by atoms with van der Waals surface area (Å²) in [7, 11) is 0. The molecule has 2 fully saturated rings. The number of hydrogen-bond acceptors (Lipinski definition) is 5. The molecule has 1 aromatic heterocycles. The van der Waals surface area contributed by atoms with Crippen LogP contribution in [-0.2, 0) is 11.3 Å². The zero-order chi connectivity index (χ0) is 14.7. The molecule has 0 spiro atoms. The van der Waals surface area contributed by atoms with Crippen LogP contribution in [0.5, 0.6) is 0 Å². The molecule has 1 unspecified atom stereocenters. The molecule has 1 atom stereocenters. The molecule has 21 heavy (non-hydrogen) atoms. The van der Waals surface area contributed by atoms with Crippen LogP contribution in [0.4, 0.5) is 0 Å². The quantitative estimate of drug-likeness (QED) is 0.892. The fraction of sp³-hybridized carbons (Fsp3) is 0.667. The van der Waals surface area contributed by atoms with Crippen molar-refractivity contribution in [1.29, 1.82) is 0 Å². The number of rotatable bonds is 4. The van der Waals surface area contributed by atoms with Crippen LogP contribution in [0.1, 0.15) is 31.4 Å². The predicted octanol–water partition coefficient (Wildman–Crippen LogP) is 0.990. The molecule has 2 aliphatic rings. The van der Waals surface area contributed by atoms with Crippen LogP contribution < -0.4 is 0 Å². The molecule has 3 rings (SSSR count). The van der Waals surface area contributed by atoms with Crippen LogP contribution >= 0.6 is 0 Å². The summed E-state index contributed by atoms with van der Waals surface area (Å²) in [6, 6.07) is 2.12. The van der Waals surface area contributed by atoms with Gasteiger partial charge in [-0.05, 0) is 38.3 Å². The summed E-state index contributed by atoms with van der Waals surface area (Å²) in [5, 5.41) is 9.29. The first-order valence-corrected chi connectivity index (χ1v) is 7.70. The third kappa shape index (κ3) is 3.39. The van der Waals surface area contributed by atoms with Gasteiger partial charge < -0.3 is 5.11 Å². The van der Waals surface area contributed by atoms with E-state index < -0.39 is 5.97 Å². The first-order chi connectivity index (χ1) is 10.2. The molecular weight excluding hydrogens is 268 g/mol. The molecule has 0 aliphatic carbocycles. The van der Waals surface area contributed by atoms with E-state index in [9.17, 15) is 9.90 Å². The minimum absolute atomic E-state index is 0.261. The van der Waals surface area contributed by atoms with Crippen LogP contribution in [0.3, 0.4) is 0 Å². The maximum Gasteiger partial charge on any atom is 0.320 e. The number of carboxylic acids is 1. The van der Waals surface area contributed by atoms with Gasteiger partial charge in [0.15, 0.2) is 0 Å². The molecule has 0 saturated carbocycles. The van der Waals surface area contributed by atoms with Crippen LogP contribution in [0, 0.1) is 0 Å². The molecule has 6 nitrogen and oxygen atoms in total. The Hall–Kier alpha value is -1.53. The Kier molecular flexibility index (Phi) is 4.45. The van der Waals surface area contributed by atoms with Crippen molar-refractivity contribution < 1.29 is 9.90 Å². The highest BCUT2D eigenvalue weighted by Crippen LogP contribution is 2.26. The highest BCUT2D eigenvalue weighted by Gasteiger charge is 2.36. The maximum absolute atomic E-state index is 11.3. The van der Waals surface area contributed by atoms with E-state index in [1.165, 1.54) is 0 Å². The van der Waals surface area contributed by atoms with Crippen molar-refractivity contribution in [2.45, 2.75) is 44.3 Å². The minimum atomic E-state index is -0.657. The Balaban J connectivity index is 1.52. The van der Waals surface area contributed by atoms with Crippen molar-refractivity contribution in [2.24, 2.45) is 0 Å². The Bertz CT molecular complexity index is 474. The zero-order valence-electron chi connectivity index (χ0n) is 12.2. The second kappa shape index (κ2) is 6.49. The Morgan fingerprint density at radius 3 is 2.76 bits per heavy atom. The Morgan fingerprint density at radius 2 is 2.10 bits per heavy atom. The van der Waals surface area contributed by atoms with Crippen molar-refractivity contribution in [3.8, 4) is 0 Å². The average Bonchev–Trinajstić information content (AvgIpc) is 2.99. The van der Waals surface area contributed by atoms with E-state index in [1.807, 2.05) is 6.07 Å². The standard InChI is InChI=1S/C15H22N4O2/c20-15(21)14-2-1-7-19(14)13-4-8-18(9-5-13)10-12-3-6-16-11-17-12/h3,6,11,13-14H,1-2,4-5,7-10H2,(H,20,21). The molecule has 6 heteroatoms. The monoisotopic (exact) mass is 290 g/mol. The summed E-state index contributed by atoms with van der Waals surface area (Å²) < 4.78 is 0. The largest absolute Gasteiger partial charge is 0.480 e. The fourth-order valence-electron chi connectivity index (χ4n) is 3.54. The number of nitrogens with zero attached hydrogens (tertiary/aromatic N) is 4. The van der Waals surface area contributed by atoms with E-state index in [0.717, 1.165) is 57.6 Å². The van der Waals surface area contributed by atoms with E-state index in [-0.39, 0.29) is 6.04 Å². The van der Waals surface area contributed by atoms with Crippen LogP contribution in [0.2, 0.25) is 0 Å². The van der Waals surface area contributed by atoms with Gasteiger partial charge in [0.25, 0.3) is 0 Å². The van der Waals surface area contributed by atoms with Crippen molar-refractivity contribution in [1.82, 2.24) is 19.8 Å². The van der Waals surface area contributed by atoms with Gasteiger partial charge >= 0.3 is 5.97 Å². The van der Waals surface area contributed by atoms with Crippen LogP contribution in [-0.4, -0.2) is 62.6 Å². The molecule has 114 valence electrons. The first-order valence-electron chi connectivity index (χ1n) is 7.70. The lowest BCUT2D eigenvalue weighted by Crippen LogP contribution is -2.48. The molecule has 0 amide bonds. The second-order valence-corrected chi connectivity index (χ2v) is 5.94. The van der Waals surface area contributed by atoms with Gasteiger partial charge in [0.05, 0.1) is 5.69 Å². The number of aromatic nitrogens is 2. The van der Waals surface area contributed by atoms with Gasteiger partial charge in [-0.3, -0.25) is 14.6 Å². The average molecular weight is 290 g/mol. The topological polar surface area (TPSA) is 69.6 Å². The maximum atomic E-state index is 11.3. The van der Waals surface area contributed by atoms with E-state index >= 15 is 0 Å². The van der Waals surface area contributed by atoms with Gasteiger partial charge in [0, 0.05) is 31.9 Å². The van der Waals surface area contributed by atoms with Crippen molar-refractivity contribution >= 4 is 5.97 Å². The molecule has 0 radical (unpaired) electrons. The zero-order valence-corrected chi connectivity index (χ0v) is 12.2. The number of carboxylic acid groups (broad SMARTS) is 1. The first kappa shape index (κ1) is 14.4. The normalized spacial score (nSPS) is 25.2. The molecular formula is C15H22N4O2. The smallest absolute Gasteiger partial charge is 0.320 e. The van der Waals surface area contributed by atoms with Crippen molar-refractivity contribution in [2.75, 3.05) is 19.6 Å². The number of hydrogen-bond donors (Lipinski definition) is 1. The molecule has 1 N–H and O–H groups in total. The van der Waals surface area contributed by atoms with Gasteiger partial charge in [-0.15, -0.1) is 0 Å². The van der Waals surface area contributed by atoms with Gasteiger partial charge in [-0.2, -0.15) is 0 Å². The minimum Gasteiger partial charge on any atom is -0.480 e. The summed E-state index contributed by atoms with van der Waals surface area (Å²) in [5.41, 5.74) is 1.05. The van der Waals surface area contributed by atoms with Crippen molar-refractivity contribution in [3.63, 3.8) is 0 Å². The summed E-state index contributed by atoms with van der Waals surface area (Å²) in [6.07, 6.45) is 7.28. The van der Waals surface area contributed by atoms with Gasteiger partial charge in [0.1, 0.15) is 12.4 Å². The van der Waals surface area contributed by atoms with E-state index in [2.05, 4.69) is 19.8 Å². The predicted molar refractivity (Wildman–Crippen MR) is 77.7 cm³/mol. The lowest BCUT2D eigenvalue weighted by atomic mass is 10.0. The van der Waals surface area contributed by atoms with Crippen LogP contribution in [0.25, 0.3) is 0 Å². The Labute approximate surface area is 124 Å². The lowest BCUT2D eigenvalue weighted by molar-refractivity contribution is -0.143. The van der Waals surface area contributed by atoms with Gasteiger partial charge in [-0.1, -0.05) is 0 Å². The molecule has 2 saturated heterocycles. The summed E-state index contributed by atoms with van der Waals surface area (Å²) >= 11 is 0. The third-order valence-corrected chi connectivity index (χ3v) is 4.63. The van der Waals surface area contributed by atoms with E-state index in [1.54, 1.807) is 12.5 Å². The SMILES string of the molecule is O=C(O)C1CCCN1C1CCN(Cc2ccncn2)CC1. The highest BCUT2D eigenvalue weighted by molar-refractivity contribution is 5.73. The molecule has 2 aliphatic heterocycles. The molecule has 1 aromatic rings. The third-order valence-electron chi connectivity index (χ3n) is 4.63. The summed E-state index contributed by atoms with van der Waals surface area (Å²) in [5.74, 6) is -0.657. The number of carbonyl (C=O) groups is 1. The molecule has 0 aromatic carbocycles. The number of piperidine rings is 1. The highest BCUT2D eigenvalue weighted by atomic mass is 16.4. The number of aliphatic carboxylic acids is 1. The molecule has 3 heterocycles. The van der Waals surface area contributed by atoms with Gasteiger partial charge in [-0.25, -0.2) is 9.97 Å². The second-order valence-electron chi connectivity index (χ2n) is 5.94. The van der Waals surface area contributed by atoms with E-state index in [0.29, 0.717) is 6.04 Å². The summed E-state index contributed by atoms with van der Waals surface area (Å²) in [4.78, 5) is 24.1. The van der Waals surface area contributed by atoms with Crippen molar-refractivity contribution in [3.05, 3.63) is 24.3 Å².